The van der Waals surface area contributed by atoms with Crippen molar-refractivity contribution in [2.75, 3.05) is 18.0 Å². The van der Waals surface area contributed by atoms with E-state index in [1.165, 1.54) is 18.0 Å². The second-order valence-electron chi connectivity index (χ2n) is 10.3. The molecule has 0 atom stereocenters. The lowest BCUT2D eigenvalue weighted by atomic mass is 9.62. The number of aryl methyl sites for hydroxylation is 1. The maximum Gasteiger partial charge on any atom is 0.435 e. The van der Waals surface area contributed by atoms with Crippen LogP contribution in [0, 0.1) is 11.7 Å². The smallest absolute Gasteiger partial charge is 0.317 e. The van der Waals surface area contributed by atoms with Crippen molar-refractivity contribution in [1.82, 2.24) is 14.7 Å². The Balaban J connectivity index is 1.45. The molecule has 0 bridgehead atoms. The Morgan fingerprint density at radius 3 is 2.38 bits per heavy atom. The van der Waals surface area contributed by atoms with Crippen molar-refractivity contribution in [3.63, 3.8) is 0 Å². The van der Waals surface area contributed by atoms with Gasteiger partial charge in [-0.05, 0) is 74.0 Å². The van der Waals surface area contributed by atoms with E-state index in [-0.39, 0.29) is 23.1 Å². The largest absolute Gasteiger partial charge is 0.435 e. The maximum atomic E-state index is 14.0. The van der Waals surface area contributed by atoms with Crippen LogP contribution in [0.1, 0.15) is 63.1 Å². The second kappa shape index (κ2) is 7.99. The first kappa shape index (κ1) is 23.2. The number of anilines is 1. The summed E-state index contributed by atoms with van der Waals surface area (Å²) in [5.41, 5.74) is -0.604. The zero-order valence-corrected chi connectivity index (χ0v) is 19.5. The van der Waals surface area contributed by atoms with Crippen molar-refractivity contribution in [1.29, 1.82) is 0 Å². The van der Waals surface area contributed by atoms with E-state index in [9.17, 15) is 22.4 Å². The highest BCUT2D eigenvalue weighted by Gasteiger charge is 2.55. The van der Waals surface area contributed by atoms with Crippen LogP contribution in [0.3, 0.4) is 0 Å². The fraction of sp³-hybridized carbons (Fsp3) is 0.600. The molecule has 1 aromatic carbocycles. The average molecular weight is 479 g/mol. The topological polar surface area (TPSA) is 41.4 Å². The van der Waals surface area contributed by atoms with E-state index in [4.69, 9.17) is 0 Å². The van der Waals surface area contributed by atoms with E-state index in [1.54, 1.807) is 12.1 Å². The summed E-state index contributed by atoms with van der Waals surface area (Å²) < 4.78 is 55.0. The first-order chi connectivity index (χ1) is 16.1. The van der Waals surface area contributed by atoms with Crippen molar-refractivity contribution in [3.05, 3.63) is 47.4 Å². The van der Waals surface area contributed by atoms with Crippen molar-refractivity contribution in [3.8, 4) is 0 Å². The van der Waals surface area contributed by atoms with Gasteiger partial charge in [-0.1, -0.05) is 19.1 Å². The van der Waals surface area contributed by atoms with Crippen molar-refractivity contribution in [2.24, 2.45) is 13.0 Å². The first-order valence-electron chi connectivity index (χ1n) is 12.0. The zero-order valence-electron chi connectivity index (χ0n) is 19.5. The second-order valence-corrected chi connectivity index (χ2v) is 10.3. The Kier molecular flexibility index (Phi) is 5.44. The van der Waals surface area contributed by atoms with Gasteiger partial charge in [0, 0.05) is 19.7 Å². The van der Waals surface area contributed by atoms with E-state index in [0.29, 0.717) is 19.0 Å². The van der Waals surface area contributed by atoms with Gasteiger partial charge in [0.25, 0.3) is 0 Å². The minimum atomic E-state index is -4.57. The lowest BCUT2D eigenvalue weighted by Gasteiger charge is -2.48. The number of halogens is 4. The first-order valence-corrected chi connectivity index (χ1v) is 12.0. The van der Waals surface area contributed by atoms with Crippen LogP contribution < -0.4 is 4.90 Å². The van der Waals surface area contributed by atoms with Gasteiger partial charge < -0.3 is 4.90 Å². The average Bonchev–Trinajstić information content (AvgIpc) is 3.48. The molecule has 0 radical (unpaired) electrons. The van der Waals surface area contributed by atoms with Gasteiger partial charge >= 0.3 is 12.2 Å². The SMILES string of the molecule is CCC1(c2cccc(F)c2)CCC2(CC1)CN(c1cc(C(F)(F)F)nn1C)C(=O)N2CC1CC1. The summed E-state index contributed by atoms with van der Waals surface area (Å²) in [5, 5.41) is 3.62. The Morgan fingerprint density at radius 2 is 1.82 bits per heavy atom. The van der Waals surface area contributed by atoms with E-state index in [1.807, 2.05) is 11.0 Å². The van der Waals surface area contributed by atoms with Crippen LogP contribution in [0.5, 0.6) is 0 Å². The number of hydrogen-bond donors (Lipinski definition) is 0. The third-order valence-electron chi connectivity index (χ3n) is 8.30. The lowest BCUT2D eigenvalue weighted by molar-refractivity contribution is -0.141. The Labute approximate surface area is 196 Å². The van der Waals surface area contributed by atoms with Crippen molar-refractivity contribution in [2.45, 2.75) is 69.0 Å². The quantitative estimate of drug-likeness (QED) is 0.503. The molecule has 2 aliphatic carbocycles. The highest BCUT2D eigenvalue weighted by atomic mass is 19.4. The minimum Gasteiger partial charge on any atom is -0.317 e. The number of carbonyl (C=O) groups excluding carboxylic acids is 1. The Hall–Kier alpha value is -2.58. The number of rotatable bonds is 5. The van der Waals surface area contributed by atoms with Crippen LogP contribution in [0.15, 0.2) is 30.3 Å². The van der Waals surface area contributed by atoms with Gasteiger partial charge in [0.05, 0.1) is 12.1 Å². The molecule has 3 aliphatic rings. The molecule has 2 saturated carbocycles. The molecule has 0 N–H and O–H groups in total. The van der Waals surface area contributed by atoms with Gasteiger partial charge in [-0.15, -0.1) is 0 Å². The summed E-state index contributed by atoms with van der Waals surface area (Å²) >= 11 is 0. The summed E-state index contributed by atoms with van der Waals surface area (Å²) in [7, 11) is 1.45. The van der Waals surface area contributed by atoms with Crippen LogP contribution in [0.25, 0.3) is 0 Å². The summed E-state index contributed by atoms with van der Waals surface area (Å²) in [6.07, 6.45) is 1.51. The standard InChI is InChI=1S/C25H30F4N4O/c1-3-23(18-5-4-6-19(26)13-18)9-11-24(12-10-23)16-32(22(34)33(24)15-17-7-8-17)21-14-20(25(27,28)29)30-31(21)2/h4-6,13-14,17H,3,7-12,15-16H2,1-2H3. The molecule has 1 spiro atoms. The number of aromatic nitrogens is 2. The van der Waals surface area contributed by atoms with E-state index >= 15 is 0 Å². The number of nitrogens with zero attached hydrogens (tertiary/aromatic N) is 4. The van der Waals surface area contributed by atoms with Crippen LogP contribution in [-0.2, 0) is 18.6 Å². The molecule has 1 aliphatic heterocycles. The molecule has 1 saturated heterocycles. The van der Waals surface area contributed by atoms with E-state index in [2.05, 4.69) is 12.0 Å². The predicted molar refractivity (Wildman–Crippen MR) is 120 cm³/mol. The van der Waals surface area contributed by atoms with Gasteiger partial charge in [-0.3, -0.25) is 9.58 Å². The molecule has 5 rings (SSSR count). The summed E-state index contributed by atoms with van der Waals surface area (Å²) in [6, 6.07) is 7.52. The van der Waals surface area contributed by atoms with Gasteiger partial charge in [0.1, 0.15) is 11.6 Å². The molecular formula is C25H30F4N4O. The molecule has 3 fully saturated rings. The molecule has 2 aromatic rings. The molecule has 2 heterocycles. The van der Waals surface area contributed by atoms with E-state index < -0.39 is 17.4 Å². The van der Waals surface area contributed by atoms with Gasteiger partial charge in [-0.2, -0.15) is 18.3 Å². The number of amides is 2. The Bertz CT molecular complexity index is 1080. The van der Waals surface area contributed by atoms with Crippen LogP contribution >= 0.6 is 0 Å². The summed E-state index contributed by atoms with van der Waals surface area (Å²) in [4.78, 5) is 17.0. The van der Waals surface area contributed by atoms with Crippen LogP contribution in [-0.4, -0.2) is 39.3 Å². The van der Waals surface area contributed by atoms with Crippen molar-refractivity contribution >= 4 is 11.8 Å². The molecule has 34 heavy (non-hydrogen) atoms. The highest BCUT2D eigenvalue weighted by Crippen LogP contribution is 2.51. The number of urea groups is 1. The summed E-state index contributed by atoms with van der Waals surface area (Å²) in [5.74, 6) is 0.381. The third kappa shape index (κ3) is 3.86. The molecule has 5 nitrogen and oxygen atoms in total. The number of carbonyl (C=O) groups is 1. The maximum absolute atomic E-state index is 14.0. The van der Waals surface area contributed by atoms with E-state index in [0.717, 1.165) is 61.3 Å². The normalized spacial score (nSPS) is 27.8. The molecule has 0 unspecified atom stereocenters. The molecule has 9 heteroatoms. The zero-order chi connectivity index (χ0) is 24.3. The Morgan fingerprint density at radius 1 is 1.12 bits per heavy atom. The van der Waals surface area contributed by atoms with Gasteiger partial charge in [0.2, 0.25) is 0 Å². The monoisotopic (exact) mass is 478 g/mol. The molecule has 1 aromatic heterocycles. The highest BCUT2D eigenvalue weighted by molar-refractivity contribution is 5.94. The number of hydrogen-bond acceptors (Lipinski definition) is 2. The van der Waals surface area contributed by atoms with Gasteiger partial charge in [-0.25, -0.2) is 9.18 Å². The molecule has 184 valence electrons. The third-order valence-corrected chi connectivity index (χ3v) is 8.30. The fourth-order valence-corrected chi connectivity index (χ4v) is 5.94. The van der Waals surface area contributed by atoms with Crippen LogP contribution in [0.2, 0.25) is 0 Å². The molecular weight excluding hydrogens is 448 g/mol. The lowest BCUT2D eigenvalue weighted by Crippen LogP contribution is -2.52. The summed E-state index contributed by atoms with van der Waals surface area (Å²) in [6.45, 7) is 3.10. The molecule has 2 amide bonds. The predicted octanol–water partition coefficient (Wildman–Crippen LogP) is 5.89. The van der Waals surface area contributed by atoms with Crippen LogP contribution in [0.4, 0.5) is 28.2 Å². The number of alkyl halides is 3. The van der Waals surface area contributed by atoms with Crippen molar-refractivity contribution < 1.29 is 22.4 Å². The minimum absolute atomic E-state index is 0.162. The fourth-order valence-electron chi connectivity index (χ4n) is 5.94. The van der Waals surface area contributed by atoms with Gasteiger partial charge in [0.15, 0.2) is 5.69 Å². The number of benzene rings is 1.